The van der Waals surface area contributed by atoms with Crippen LogP contribution in [0.25, 0.3) is 0 Å². The summed E-state index contributed by atoms with van der Waals surface area (Å²) in [6, 6.07) is 10.2. The number of rotatable bonds is 6. The van der Waals surface area contributed by atoms with E-state index in [1.807, 2.05) is 6.92 Å². The van der Waals surface area contributed by atoms with Gasteiger partial charge in [0, 0.05) is 26.1 Å². The molecule has 39 heavy (non-hydrogen) atoms. The summed E-state index contributed by atoms with van der Waals surface area (Å²) in [6.45, 7) is 1.90. The molecule has 0 bridgehead atoms. The Hall–Kier alpha value is -3.44. The van der Waals surface area contributed by atoms with Crippen molar-refractivity contribution >= 4 is 11.8 Å². The van der Waals surface area contributed by atoms with E-state index in [4.69, 9.17) is 9.73 Å². The van der Waals surface area contributed by atoms with E-state index < -0.39 is 24.0 Å². The third kappa shape index (κ3) is 6.42. The molecule has 2 aliphatic rings. The molecule has 2 aliphatic heterocycles. The first-order valence-electron chi connectivity index (χ1n) is 12.7. The molecule has 4 rings (SSSR count). The maximum atomic E-state index is 13.5. The second kappa shape index (κ2) is 11.7. The van der Waals surface area contributed by atoms with Gasteiger partial charge in [-0.25, -0.2) is 4.39 Å². The van der Waals surface area contributed by atoms with E-state index in [9.17, 15) is 32.6 Å². The molecule has 2 aromatic carbocycles. The molecule has 2 heterocycles. The van der Waals surface area contributed by atoms with Crippen molar-refractivity contribution < 1.29 is 37.3 Å². The first kappa shape index (κ1) is 28.6. The van der Waals surface area contributed by atoms with Crippen LogP contribution in [-0.4, -0.2) is 58.4 Å². The summed E-state index contributed by atoms with van der Waals surface area (Å²) in [5, 5.41) is 20.1. The first-order valence-corrected chi connectivity index (χ1v) is 12.7. The molecule has 11 heteroatoms. The van der Waals surface area contributed by atoms with E-state index in [1.54, 1.807) is 19.2 Å². The lowest BCUT2D eigenvalue weighted by Crippen LogP contribution is -2.55. The van der Waals surface area contributed by atoms with Gasteiger partial charge in [0.05, 0.1) is 11.1 Å². The number of nitrogens with zero attached hydrogens (tertiary/aromatic N) is 3. The third-order valence-corrected chi connectivity index (χ3v) is 7.05. The van der Waals surface area contributed by atoms with Crippen molar-refractivity contribution in [3.63, 3.8) is 0 Å². The van der Waals surface area contributed by atoms with Gasteiger partial charge in [-0.15, -0.1) is 0 Å². The second-order valence-corrected chi connectivity index (χ2v) is 9.85. The molecule has 3 atom stereocenters. The third-order valence-electron chi connectivity index (χ3n) is 7.05. The number of hydrogen-bond acceptors (Lipinski definition) is 6. The molecule has 0 aliphatic carbocycles. The van der Waals surface area contributed by atoms with E-state index in [1.165, 1.54) is 34.1 Å². The quantitative estimate of drug-likeness (QED) is 0.517. The van der Waals surface area contributed by atoms with Crippen LogP contribution in [0.3, 0.4) is 0 Å². The average Bonchev–Trinajstić information content (AvgIpc) is 2.89. The maximum Gasteiger partial charge on any atom is 0.416 e. The van der Waals surface area contributed by atoms with E-state index >= 15 is 0 Å². The van der Waals surface area contributed by atoms with E-state index in [-0.39, 0.29) is 48.3 Å². The van der Waals surface area contributed by atoms with Crippen LogP contribution in [0, 0.1) is 17.7 Å². The first-order chi connectivity index (χ1) is 18.5. The van der Waals surface area contributed by atoms with Gasteiger partial charge in [0.25, 0.3) is 5.91 Å². The minimum atomic E-state index is -4.50. The van der Waals surface area contributed by atoms with E-state index in [0.29, 0.717) is 31.3 Å². The van der Waals surface area contributed by atoms with Crippen LogP contribution in [0.1, 0.15) is 37.3 Å². The van der Waals surface area contributed by atoms with Crippen LogP contribution in [-0.2, 0) is 17.4 Å². The molecule has 2 N–H and O–H groups in total. The molecule has 210 valence electrons. The zero-order valence-corrected chi connectivity index (χ0v) is 21.7. The molecule has 0 fully saturated rings. The van der Waals surface area contributed by atoms with Crippen LogP contribution in [0.5, 0.6) is 5.75 Å². The van der Waals surface area contributed by atoms with Gasteiger partial charge in [-0.2, -0.15) is 18.2 Å². The number of carbonyl (C=O) groups is 1. The summed E-state index contributed by atoms with van der Waals surface area (Å²) in [7, 11) is 1.58. The zero-order valence-electron chi connectivity index (χ0n) is 21.7. The molecule has 3 unspecified atom stereocenters. The van der Waals surface area contributed by atoms with Crippen molar-refractivity contribution in [1.82, 2.24) is 9.80 Å². The van der Waals surface area contributed by atoms with Gasteiger partial charge in [0.1, 0.15) is 17.4 Å². The fraction of sp³-hybridized carbons (Fsp3) is 0.429. The predicted molar refractivity (Wildman–Crippen MR) is 136 cm³/mol. The average molecular weight is 550 g/mol. The van der Waals surface area contributed by atoms with Gasteiger partial charge in [-0.05, 0) is 73.6 Å². The molecular weight excluding hydrogens is 518 g/mol. The van der Waals surface area contributed by atoms with Gasteiger partial charge in [0.2, 0.25) is 6.35 Å². The Bertz CT molecular complexity index is 1230. The van der Waals surface area contributed by atoms with Gasteiger partial charge >= 0.3 is 6.18 Å². The lowest BCUT2D eigenvalue weighted by Gasteiger charge is -2.42. The summed E-state index contributed by atoms with van der Waals surface area (Å²) in [4.78, 5) is 20.9. The fourth-order valence-corrected chi connectivity index (χ4v) is 4.84. The van der Waals surface area contributed by atoms with Gasteiger partial charge < -0.3 is 19.8 Å². The van der Waals surface area contributed by atoms with Crippen LogP contribution in [0.2, 0.25) is 0 Å². The van der Waals surface area contributed by atoms with Crippen molar-refractivity contribution in [1.29, 1.82) is 0 Å². The number of benzene rings is 2. The smallest absolute Gasteiger partial charge is 0.416 e. The Balaban J connectivity index is 1.77. The molecular formula is C28H31F4N3O4. The number of aliphatic imine (C=N–C) groups is 1. The van der Waals surface area contributed by atoms with Crippen molar-refractivity contribution in [3.8, 4) is 5.75 Å². The van der Waals surface area contributed by atoms with Crippen molar-refractivity contribution in [2.75, 3.05) is 20.2 Å². The van der Waals surface area contributed by atoms with Gasteiger partial charge in [-0.3, -0.25) is 9.69 Å². The summed E-state index contributed by atoms with van der Waals surface area (Å²) in [5.74, 6) is -0.826. The zero-order chi connectivity index (χ0) is 28.3. The predicted octanol–water partition coefficient (Wildman–Crippen LogP) is 4.55. The molecule has 0 saturated carbocycles. The number of carbonyl (C=O) groups excluding carboxylic acids is 1. The lowest BCUT2D eigenvalue weighted by atomic mass is 9.85. The number of halogens is 4. The van der Waals surface area contributed by atoms with Crippen LogP contribution in [0.15, 0.2) is 64.9 Å². The Morgan fingerprint density at radius 3 is 2.36 bits per heavy atom. The monoisotopic (exact) mass is 549 g/mol. The van der Waals surface area contributed by atoms with E-state index in [2.05, 4.69) is 0 Å². The molecule has 1 amide bonds. The number of aliphatic hydroxyl groups excluding tert-OH is 2. The van der Waals surface area contributed by atoms with E-state index in [0.717, 1.165) is 17.7 Å². The van der Waals surface area contributed by atoms with Crippen molar-refractivity contribution in [2.45, 2.75) is 45.1 Å². The van der Waals surface area contributed by atoms with Gasteiger partial charge in [-0.1, -0.05) is 19.1 Å². The summed E-state index contributed by atoms with van der Waals surface area (Å²) < 4.78 is 58.8. The molecule has 2 aromatic rings. The number of ether oxygens (including phenoxy) is 1. The molecule has 0 radical (unpaired) electrons. The molecule has 7 nitrogen and oxygen atoms in total. The number of aliphatic hydroxyl groups is 2. The summed E-state index contributed by atoms with van der Waals surface area (Å²) >= 11 is 0. The Labute approximate surface area is 224 Å². The lowest BCUT2D eigenvalue weighted by molar-refractivity contribution is -0.155. The number of amides is 1. The maximum absolute atomic E-state index is 13.5. The standard InChI is InChI=1S/C28H31F4N3O4/c1-17-4-7-19(16-18-5-10-21(29)11-6-18)25(39-22-12-8-20(9-13-22)28(30,31)32)33-24-23(17)26(37)35(14-3-15-36)27(38)34(24)2/h5-6,8-13,17,19,27,36,38H,3-4,7,14-16H2,1-2H3. The minimum absolute atomic E-state index is 0.136. The molecule has 0 saturated heterocycles. The Kier molecular flexibility index (Phi) is 8.60. The summed E-state index contributed by atoms with van der Waals surface area (Å²) in [6.07, 6.45) is -4.03. The second-order valence-electron chi connectivity index (χ2n) is 9.85. The highest BCUT2D eigenvalue weighted by molar-refractivity contribution is 5.96. The number of hydrogen-bond donors (Lipinski definition) is 2. The largest absolute Gasteiger partial charge is 0.443 e. The van der Waals surface area contributed by atoms with Crippen LogP contribution >= 0.6 is 0 Å². The van der Waals surface area contributed by atoms with Crippen molar-refractivity contribution in [2.24, 2.45) is 16.8 Å². The highest BCUT2D eigenvalue weighted by Crippen LogP contribution is 2.36. The Morgan fingerprint density at radius 2 is 1.74 bits per heavy atom. The highest BCUT2D eigenvalue weighted by atomic mass is 19.4. The Morgan fingerprint density at radius 1 is 1.08 bits per heavy atom. The fourth-order valence-electron chi connectivity index (χ4n) is 4.84. The normalized spacial score (nSPS) is 22.3. The van der Waals surface area contributed by atoms with Crippen LogP contribution < -0.4 is 4.74 Å². The van der Waals surface area contributed by atoms with Crippen LogP contribution in [0.4, 0.5) is 17.6 Å². The highest BCUT2D eigenvalue weighted by Gasteiger charge is 2.40. The number of alkyl halides is 3. The topological polar surface area (TPSA) is 85.6 Å². The summed E-state index contributed by atoms with van der Waals surface area (Å²) in [5.41, 5.74) is 0.380. The SMILES string of the molecule is CC1CCC(Cc2ccc(F)cc2)C(Oc2ccc(C(F)(F)F)cc2)=NC2=C1C(=O)N(CCCO)C(O)N2C. The van der Waals surface area contributed by atoms with Crippen molar-refractivity contribution in [3.05, 3.63) is 76.9 Å². The molecule has 0 aromatic heterocycles. The molecule has 0 spiro atoms. The van der Waals surface area contributed by atoms with Gasteiger partial charge in [0.15, 0.2) is 5.90 Å². The minimum Gasteiger partial charge on any atom is -0.443 e.